The molecule has 0 saturated carbocycles. The fourth-order valence-electron chi connectivity index (χ4n) is 4.00. The SMILES string of the molecule is CN(CCCO)C1CCN(CCC(=O)NC(c2ccccc2)c2cccs2)CC1. The zero-order chi connectivity index (χ0) is 20.5. The van der Waals surface area contributed by atoms with Gasteiger partial charge in [0.15, 0.2) is 0 Å². The Morgan fingerprint density at radius 1 is 1.24 bits per heavy atom. The molecule has 1 saturated heterocycles. The molecule has 1 aromatic carbocycles. The first kappa shape index (κ1) is 22.0. The smallest absolute Gasteiger partial charge is 0.222 e. The Balaban J connectivity index is 1.46. The Hall–Kier alpha value is -1.73. The second kappa shape index (κ2) is 11.5. The van der Waals surface area contributed by atoms with Gasteiger partial charge in [-0.2, -0.15) is 0 Å². The molecule has 158 valence electrons. The first-order valence-electron chi connectivity index (χ1n) is 10.6. The van der Waals surface area contributed by atoms with Gasteiger partial charge in [0.05, 0.1) is 6.04 Å². The van der Waals surface area contributed by atoms with E-state index >= 15 is 0 Å². The number of hydrogen-bond acceptors (Lipinski definition) is 5. The molecule has 2 heterocycles. The first-order valence-corrected chi connectivity index (χ1v) is 11.5. The van der Waals surface area contributed by atoms with Crippen LogP contribution in [-0.2, 0) is 4.79 Å². The van der Waals surface area contributed by atoms with E-state index in [2.05, 4.69) is 45.7 Å². The van der Waals surface area contributed by atoms with Gasteiger partial charge < -0.3 is 20.2 Å². The Bertz CT molecular complexity index is 715. The summed E-state index contributed by atoms with van der Waals surface area (Å²) in [5.41, 5.74) is 1.12. The summed E-state index contributed by atoms with van der Waals surface area (Å²) in [5.74, 6) is 0.106. The van der Waals surface area contributed by atoms with Crippen LogP contribution in [0.5, 0.6) is 0 Å². The monoisotopic (exact) mass is 415 g/mol. The van der Waals surface area contributed by atoms with E-state index in [0.717, 1.165) is 55.9 Å². The maximum Gasteiger partial charge on any atom is 0.222 e. The number of piperidine rings is 1. The van der Waals surface area contributed by atoms with E-state index < -0.39 is 0 Å². The number of aliphatic hydroxyl groups excluding tert-OH is 1. The number of nitrogens with zero attached hydrogens (tertiary/aromatic N) is 2. The molecule has 0 spiro atoms. The average molecular weight is 416 g/mol. The molecule has 1 aliphatic heterocycles. The molecule has 5 nitrogen and oxygen atoms in total. The summed E-state index contributed by atoms with van der Waals surface area (Å²) in [6.45, 7) is 4.09. The molecule has 0 bridgehead atoms. The molecule has 0 radical (unpaired) electrons. The van der Waals surface area contributed by atoms with Crippen LogP contribution < -0.4 is 5.32 Å². The van der Waals surface area contributed by atoms with Crippen molar-refractivity contribution in [3.8, 4) is 0 Å². The van der Waals surface area contributed by atoms with Crippen LogP contribution >= 0.6 is 11.3 Å². The Labute approximate surface area is 178 Å². The van der Waals surface area contributed by atoms with Crippen LogP contribution in [0, 0.1) is 0 Å². The van der Waals surface area contributed by atoms with Gasteiger partial charge in [0.2, 0.25) is 5.91 Å². The van der Waals surface area contributed by atoms with E-state index in [1.807, 2.05) is 24.3 Å². The van der Waals surface area contributed by atoms with Crippen LogP contribution in [0.15, 0.2) is 47.8 Å². The summed E-state index contributed by atoms with van der Waals surface area (Å²) in [4.78, 5) is 18.6. The second-order valence-corrected chi connectivity index (χ2v) is 8.79. The third-order valence-electron chi connectivity index (χ3n) is 5.77. The fraction of sp³-hybridized carbons (Fsp3) is 0.522. The Morgan fingerprint density at radius 2 is 2.00 bits per heavy atom. The number of rotatable bonds is 10. The molecule has 29 heavy (non-hydrogen) atoms. The van der Waals surface area contributed by atoms with Crippen molar-refractivity contribution in [3.63, 3.8) is 0 Å². The van der Waals surface area contributed by atoms with Gasteiger partial charge in [-0.15, -0.1) is 11.3 Å². The van der Waals surface area contributed by atoms with E-state index in [1.165, 1.54) is 0 Å². The van der Waals surface area contributed by atoms with Gasteiger partial charge in [0.25, 0.3) is 0 Å². The van der Waals surface area contributed by atoms with Crippen LogP contribution in [0.25, 0.3) is 0 Å². The summed E-state index contributed by atoms with van der Waals surface area (Å²) < 4.78 is 0. The summed E-state index contributed by atoms with van der Waals surface area (Å²) in [5, 5.41) is 14.3. The number of benzene rings is 1. The molecule has 6 heteroatoms. The highest BCUT2D eigenvalue weighted by Crippen LogP contribution is 2.26. The van der Waals surface area contributed by atoms with E-state index in [-0.39, 0.29) is 18.6 Å². The molecule has 2 aromatic rings. The summed E-state index contributed by atoms with van der Waals surface area (Å²) >= 11 is 1.68. The standard InChI is InChI=1S/C23H33N3O2S/c1-25(13-6-17-27)20-10-14-26(15-11-20)16-12-22(28)24-23(21-9-5-18-29-21)19-7-3-2-4-8-19/h2-5,7-9,18,20,23,27H,6,10-17H2,1H3,(H,24,28). The zero-order valence-corrected chi connectivity index (χ0v) is 18.1. The summed E-state index contributed by atoms with van der Waals surface area (Å²) in [6, 6.07) is 14.8. The van der Waals surface area contributed by atoms with Crippen molar-refractivity contribution in [2.75, 3.05) is 39.8 Å². The number of hydrogen-bond donors (Lipinski definition) is 2. The van der Waals surface area contributed by atoms with Crippen LogP contribution in [0.2, 0.25) is 0 Å². The third-order valence-corrected chi connectivity index (χ3v) is 6.71. The van der Waals surface area contributed by atoms with Gasteiger partial charge in [-0.1, -0.05) is 36.4 Å². The predicted molar refractivity (Wildman–Crippen MR) is 119 cm³/mol. The minimum atomic E-state index is -0.0744. The summed E-state index contributed by atoms with van der Waals surface area (Å²) in [7, 11) is 2.15. The molecular formula is C23H33N3O2S. The Morgan fingerprint density at radius 3 is 2.66 bits per heavy atom. The molecule has 1 atom stereocenters. The molecular weight excluding hydrogens is 382 g/mol. The minimum absolute atomic E-state index is 0.0744. The lowest BCUT2D eigenvalue weighted by Gasteiger charge is -2.36. The quantitative estimate of drug-likeness (QED) is 0.626. The van der Waals surface area contributed by atoms with Crippen molar-refractivity contribution in [1.82, 2.24) is 15.1 Å². The molecule has 1 aliphatic rings. The van der Waals surface area contributed by atoms with E-state index in [4.69, 9.17) is 5.11 Å². The van der Waals surface area contributed by atoms with Gasteiger partial charge in [-0.05, 0) is 56.4 Å². The largest absolute Gasteiger partial charge is 0.396 e. The molecule has 1 amide bonds. The average Bonchev–Trinajstić information content (AvgIpc) is 3.30. The van der Waals surface area contributed by atoms with Crippen molar-refractivity contribution in [2.45, 2.75) is 37.8 Å². The highest BCUT2D eigenvalue weighted by atomic mass is 32.1. The fourth-order valence-corrected chi connectivity index (χ4v) is 4.80. The number of aliphatic hydroxyl groups is 1. The number of amides is 1. The third kappa shape index (κ3) is 6.64. The molecule has 2 N–H and O–H groups in total. The number of thiophene rings is 1. The van der Waals surface area contributed by atoms with Crippen molar-refractivity contribution < 1.29 is 9.90 Å². The van der Waals surface area contributed by atoms with Crippen molar-refractivity contribution in [1.29, 1.82) is 0 Å². The van der Waals surface area contributed by atoms with Crippen LogP contribution in [0.3, 0.4) is 0 Å². The number of carbonyl (C=O) groups is 1. The Kier molecular flexibility index (Phi) is 8.68. The highest BCUT2D eigenvalue weighted by Gasteiger charge is 2.23. The minimum Gasteiger partial charge on any atom is -0.396 e. The van der Waals surface area contributed by atoms with E-state index in [1.54, 1.807) is 11.3 Å². The molecule has 0 aliphatic carbocycles. The van der Waals surface area contributed by atoms with Crippen LogP contribution in [0.1, 0.15) is 42.2 Å². The van der Waals surface area contributed by atoms with Crippen molar-refractivity contribution >= 4 is 17.2 Å². The normalized spacial score (nSPS) is 16.8. The first-order chi connectivity index (χ1) is 14.2. The predicted octanol–water partition coefficient (Wildman–Crippen LogP) is 3.12. The van der Waals surface area contributed by atoms with E-state index in [9.17, 15) is 4.79 Å². The van der Waals surface area contributed by atoms with Gasteiger partial charge in [-0.3, -0.25) is 4.79 Å². The van der Waals surface area contributed by atoms with Crippen LogP contribution in [-0.4, -0.2) is 66.7 Å². The lowest BCUT2D eigenvalue weighted by atomic mass is 10.0. The van der Waals surface area contributed by atoms with Crippen molar-refractivity contribution in [2.24, 2.45) is 0 Å². The number of likely N-dealkylation sites (tertiary alicyclic amines) is 1. The molecule has 3 rings (SSSR count). The lowest BCUT2D eigenvalue weighted by molar-refractivity contribution is -0.122. The maximum absolute atomic E-state index is 12.7. The zero-order valence-electron chi connectivity index (χ0n) is 17.3. The van der Waals surface area contributed by atoms with Gasteiger partial charge in [-0.25, -0.2) is 0 Å². The maximum atomic E-state index is 12.7. The van der Waals surface area contributed by atoms with Gasteiger partial charge >= 0.3 is 0 Å². The van der Waals surface area contributed by atoms with Crippen LogP contribution in [0.4, 0.5) is 0 Å². The lowest BCUT2D eigenvalue weighted by Crippen LogP contribution is -2.44. The topological polar surface area (TPSA) is 55.8 Å². The van der Waals surface area contributed by atoms with E-state index in [0.29, 0.717) is 12.5 Å². The molecule has 1 unspecified atom stereocenters. The summed E-state index contributed by atoms with van der Waals surface area (Å²) in [6.07, 6.45) is 3.63. The number of nitrogens with one attached hydrogen (secondary N) is 1. The second-order valence-electron chi connectivity index (χ2n) is 7.81. The highest BCUT2D eigenvalue weighted by molar-refractivity contribution is 7.10. The number of carbonyl (C=O) groups excluding carboxylic acids is 1. The van der Waals surface area contributed by atoms with Gasteiger partial charge in [0.1, 0.15) is 0 Å². The van der Waals surface area contributed by atoms with Crippen molar-refractivity contribution in [3.05, 3.63) is 58.3 Å². The van der Waals surface area contributed by atoms with Gasteiger partial charge in [0, 0.05) is 37.0 Å². The molecule has 1 fully saturated rings. The molecule has 1 aromatic heterocycles.